The van der Waals surface area contributed by atoms with Crippen LogP contribution in [0.15, 0.2) is 60.3 Å². The molecule has 0 aliphatic rings. The van der Waals surface area contributed by atoms with Crippen LogP contribution in [0.2, 0.25) is 0 Å². The van der Waals surface area contributed by atoms with E-state index in [2.05, 4.69) is 12.1 Å². The van der Waals surface area contributed by atoms with E-state index in [0.717, 1.165) is 16.8 Å². The summed E-state index contributed by atoms with van der Waals surface area (Å²) >= 11 is 0. The number of benzene rings is 1. The molecule has 0 spiro atoms. The first-order valence-corrected chi connectivity index (χ1v) is 5.10. The van der Waals surface area contributed by atoms with Crippen LogP contribution < -0.4 is 5.73 Å². The second-order valence-corrected chi connectivity index (χ2v) is 3.24. The molecule has 0 fully saturated rings. The Bertz CT molecular complexity index is 383. The first-order valence-electron chi connectivity index (χ1n) is 5.10. The van der Waals surface area contributed by atoms with E-state index in [1.165, 1.54) is 0 Å². The predicted octanol–water partition coefficient (Wildman–Crippen LogP) is 3.51. The maximum atomic E-state index is 5.99. The highest BCUT2D eigenvalue weighted by Crippen LogP contribution is 2.18. The lowest BCUT2D eigenvalue weighted by molar-refractivity contribution is 1.41. The van der Waals surface area contributed by atoms with Gasteiger partial charge in [-0.1, -0.05) is 48.6 Å². The van der Waals surface area contributed by atoms with Gasteiger partial charge >= 0.3 is 0 Å². The van der Waals surface area contributed by atoms with Crippen LogP contribution in [0.25, 0.3) is 5.57 Å². The highest BCUT2D eigenvalue weighted by atomic mass is 14.6. The van der Waals surface area contributed by atoms with E-state index in [0.29, 0.717) is 0 Å². The van der Waals surface area contributed by atoms with Gasteiger partial charge in [0.1, 0.15) is 0 Å². The van der Waals surface area contributed by atoms with E-state index >= 15 is 0 Å². The molecule has 0 bridgehead atoms. The molecular weight excluding hydrogens is 182 g/mol. The van der Waals surface area contributed by atoms with Crippen molar-refractivity contribution in [2.45, 2.75) is 13.8 Å². The Labute approximate surface area is 91.6 Å². The van der Waals surface area contributed by atoms with Crippen molar-refractivity contribution in [1.82, 2.24) is 0 Å². The fraction of sp³-hybridized carbons (Fsp3) is 0.143. The summed E-state index contributed by atoms with van der Waals surface area (Å²) in [4.78, 5) is 0. The molecule has 1 aromatic rings. The van der Waals surface area contributed by atoms with Gasteiger partial charge in [-0.3, -0.25) is 0 Å². The van der Waals surface area contributed by atoms with Gasteiger partial charge in [0.15, 0.2) is 0 Å². The predicted molar refractivity (Wildman–Crippen MR) is 67.2 cm³/mol. The molecule has 2 N–H and O–H groups in total. The van der Waals surface area contributed by atoms with Crippen molar-refractivity contribution in [2.75, 3.05) is 0 Å². The Morgan fingerprint density at radius 2 is 1.60 bits per heavy atom. The molecule has 0 amide bonds. The smallest absolute Gasteiger partial charge is 0.0390 e. The molecular formula is C14H17N. The molecule has 0 atom stereocenters. The van der Waals surface area contributed by atoms with Crippen molar-refractivity contribution in [2.24, 2.45) is 5.73 Å². The van der Waals surface area contributed by atoms with Gasteiger partial charge in [-0.15, -0.1) is 0 Å². The quantitative estimate of drug-likeness (QED) is 0.741. The van der Waals surface area contributed by atoms with Crippen LogP contribution in [0, 0.1) is 0 Å². The zero-order valence-electron chi connectivity index (χ0n) is 9.27. The van der Waals surface area contributed by atoms with Crippen LogP contribution in [0.3, 0.4) is 0 Å². The molecule has 0 radical (unpaired) electrons. The first-order chi connectivity index (χ1) is 7.29. The summed E-state index contributed by atoms with van der Waals surface area (Å²) < 4.78 is 0. The molecule has 0 aromatic heterocycles. The Balaban J connectivity index is 3.20. The summed E-state index contributed by atoms with van der Waals surface area (Å²) in [7, 11) is 0. The average Bonchev–Trinajstić information content (AvgIpc) is 2.27. The highest BCUT2D eigenvalue weighted by Gasteiger charge is 1.99. The Morgan fingerprint density at radius 1 is 1.00 bits per heavy atom. The molecule has 1 nitrogen and oxygen atoms in total. The molecule has 0 saturated heterocycles. The van der Waals surface area contributed by atoms with Gasteiger partial charge in [0.2, 0.25) is 0 Å². The molecule has 1 heteroatoms. The van der Waals surface area contributed by atoms with Gasteiger partial charge in [0.05, 0.1) is 0 Å². The monoisotopic (exact) mass is 199 g/mol. The third-order valence-electron chi connectivity index (χ3n) is 2.08. The normalized spacial score (nSPS) is 13.5. The summed E-state index contributed by atoms with van der Waals surface area (Å²) in [5.74, 6) is 0. The van der Waals surface area contributed by atoms with Crippen molar-refractivity contribution >= 4 is 5.57 Å². The Morgan fingerprint density at radius 3 is 2.13 bits per heavy atom. The van der Waals surface area contributed by atoms with E-state index in [-0.39, 0.29) is 0 Å². The average molecular weight is 199 g/mol. The third-order valence-corrected chi connectivity index (χ3v) is 2.08. The lowest BCUT2D eigenvalue weighted by Crippen LogP contribution is -1.97. The molecule has 1 aromatic carbocycles. The highest BCUT2D eigenvalue weighted by molar-refractivity contribution is 5.77. The first kappa shape index (κ1) is 11.3. The lowest BCUT2D eigenvalue weighted by atomic mass is 10.0. The fourth-order valence-electron chi connectivity index (χ4n) is 1.41. The minimum atomic E-state index is 0.793. The van der Waals surface area contributed by atoms with E-state index in [1.807, 2.05) is 56.4 Å². The van der Waals surface area contributed by atoms with E-state index < -0.39 is 0 Å². The van der Waals surface area contributed by atoms with Crippen molar-refractivity contribution in [3.63, 3.8) is 0 Å². The van der Waals surface area contributed by atoms with Gasteiger partial charge in [-0.25, -0.2) is 0 Å². The van der Waals surface area contributed by atoms with Crippen LogP contribution >= 0.6 is 0 Å². The summed E-state index contributed by atoms with van der Waals surface area (Å²) in [6, 6.07) is 10.2. The number of allylic oxidation sites excluding steroid dienone is 5. The SMILES string of the molecule is C\C=C/C(=C(N)\C=C\C)c1ccccc1. The molecule has 1 rings (SSSR count). The van der Waals surface area contributed by atoms with E-state index in [4.69, 9.17) is 5.73 Å². The van der Waals surface area contributed by atoms with Gasteiger partial charge in [-0.2, -0.15) is 0 Å². The molecule has 0 aliphatic carbocycles. The summed E-state index contributed by atoms with van der Waals surface area (Å²) in [6.45, 7) is 3.96. The molecule has 0 unspecified atom stereocenters. The second-order valence-electron chi connectivity index (χ2n) is 3.24. The van der Waals surface area contributed by atoms with Gasteiger partial charge < -0.3 is 5.73 Å². The zero-order chi connectivity index (χ0) is 11.1. The fourth-order valence-corrected chi connectivity index (χ4v) is 1.41. The van der Waals surface area contributed by atoms with E-state index in [9.17, 15) is 0 Å². The summed E-state index contributed by atoms with van der Waals surface area (Å²) in [5.41, 5.74) is 8.99. The van der Waals surface area contributed by atoms with Crippen molar-refractivity contribution < 1.29 is 0 Å². The minimum Gasteiger partial charge on any atom is -0.398 e. The minimum absolute atomic E-state index is 0.793. The number of hydrogen-bond acceptors (Lipinski definition) is 1. The van der Waals surface area contributed by atoms with Crippen LogP contribution in [0.1, 0.15) is 19.4 Å². The van der Waals surface area contributed by atoms with E-state index in [1.54, 1.807) is 0 Å². The van der Waals surface area contributed by atoms with Gasteiger partial charge in [0.25, 0.3) is 0 Å². The van der Waals surface area contributed by atoms with Gasteiger partial charge in [-0.05, 0) is 25.5 Å². The molecule has 0 aliphatic heterocycles. The maximum Gasteiger partial charge on any atom is 0.0390 e. The van der Waals surface area contributed by atoms with Crippen LogP contribution in [-0.2, 0) is 0 Å². The Hall–Kier alpha value is -1.76. The van der Waals surface area contributed by atoms with Crippen molar-refractivity contribution in [1.29, 1.82) is 0 Å². The van der Waals surface area contributed by atoms with Crippen LogP contribution in [0.4, 0.5) is 0 Å². The number of hydrogen-bond donors (Lipinski definition) is 1. The standard InChI is InChI=1S/C14H17N/c1-3-8-13(14(15)9-4-2)12-10-6-5-7-11-12/h3-11H,15H2,1-2H3/b8-3-,9-4+,14-13-. The third kappa shape index (κ3) is 3.13. The lowest BCUT2D eigenvalue weighted by Gasteiger charge is -2.05. The summed E-state index contributed by atoms with van der Waals surface area (Å²) in [5, 5.41) is 0. The number of rotatable bonds is 3. The second kappa shape index (κ2) is 5.86. The van der Waals surface area contributed by atoms with Crippen molar-refractivity contribution in [3.05, 3.63) is 65.9 Å². The molecule has 15 heavy (non-hydrogen) atoms. The topological polar surface area (TPSA) is 26.0 Å². The molecule has 0 heterocycles. The zero-order valence-corrected chi connectivity index (χ0v) is 9.27. The van der Waals surface area contributed by atoms with Crippen molar-refractivity contribution in [3.8, 4) is 0 Å². The number of nitrogens with two attached hydrogens (primary N) is 1. The molecule has 78 valence electrons. The van der Waals surface area contributed by atoms with Crippen LogP contribution in [-0.4, -0.2) is 0 Å². The maximum absolute atomic E-state index is 5.99. The summed E-state index contributed by atoms with van der Waals surface area (Å²) in [6.07, 6.45) is 7.90. The molecule has 0 saturated carbocycles. The Kier molecular flexibility index (Phi) is 4.42. The van der Waals surface area contributed by atoms with Crippen LogP contribution in [0.5, 0.6) is 0 Å². The largest absolute Gasteiger partial charge is 0.398 e. The van der Waals surface area contributed by atoms with Gasteiger partial charge in [0, 0.05) is 11.3 Å².